The van der Waals surface area contributed by atoms with Gasteiger partial charge in [0, 0.05) is 17.1 Å². The molecule has 0 radical (unpaired) electrons. The second-order valence-corrected chi connectivity index (χ2v) is 8.15. The molecule has 31 heavy (non-hydrogen) atoms. The third-order valence-electron chi connectivity index (χ3n) is 5.65. The molecule has 0 aromatic heterocycles. The first-order valence-corrected chi connectivity index (χ1v) is 10.2. The Labute approximate surface area is 183 Å². The molecule has 2 fully saturated rings. The minimum Gasteiger partial charge on any atom is -0.494 e. The molecule has 7 nitrogen and oxygen atoms in total. The van der Waals surface area contributed by atoms with E-state index in [4.69, 9.17) is 16.3 Å². The summed E-state index contributed by atoms with van der Waals surface area (Å²) in [6.45, 7) is 0.520. The van der Waals surface area contributed by atoms with Crippen LogP contribution < -0.4 is 10.1 Å². The van der Waals surface area contributed by atoms with Crippen molar-refractivity contribution in [2.45, 2.75) is 24.9 Å². The van der Waals surface area contributed by atoms with Crippen LogP contribution in [0.4, 0.5) is 9.18 Å². The third kappa shape index (κ3) is 3.95. The predicted octanol–water partition coefficient (Wildman–Crippen LogP) is 3.21. The molecule has 1 N–H and O–H groups in total. The Hall–Kier alpha value is -3.13. The van der Waals surface area contributed by atoms with Crippen molar-refractivity contribution < 1.29 is 23.5 Å². The van der Waals surface area contributed by atoms with Gasteiger partial charge >= 0.3 is 6.03 Å². The second kappa shape index (κ2) is 8.19. The van der Waals surface area contributed by atoms with Gasteiger partial charge in [-0.2, -0.15) is 0 Å². The van der Waals surface area contributed by atoms with Crippen LogP contribution in [0.3, 0.4) is 0 Å². The zero-order valence-corrected chi connectivity index (χ0v) is 17.6. The minimum absolute atomic E-state index is 0.0239. The van der Waals surface area contributed by atoms with Crippen molar-refractivity contribution in [3.63, 3.8) is 0 Å². The Balaban J connectivity index is 1.53. The van der Waals surface area contributed by atoms with Crippen LogP contribution in [0.2, 0.25) is 5.02 Å². The van der Waals surface area contributed by atoms with Crippen molar-refractivity contribution in [1.29, 1.82) is 0 Å². The van der Waals surface area contributed by atoms with E-state index in [2.05, 4.69) is 5.32 Å². The highest BCUT2D eigenvalue weighted by Gasteiger charge is 2.53. The maximum absolute atomic E-state index is 14.0. The lowest BCUT2D eigenvalue weighted by Crippen LogP contribution is -2.59. The fourth-order valence-corrected chi connectivity index (χ4v) is 4.34. The van der Waals surface area contributed by atoms with Crippen LogP contribution in [0.25, 0.3) is 0 Å². The lowest BCUT2D eigenvalue weighted by Gasteiger charge is -2.38. The quantitative estimate of drug-likeness (QED) is 0.733. The van der Waals surface area contributed by atoms with Crippen molar-refractivity contribution in [1.82, 2.24) is 15.1 Å². The molecule has 9 heteroatoms. The number of hydrogen-bond donors (Lipinski definition) is 1. The molecule has 2 heterocycles. The monoisotopic (exact) mass is 445 g/mol. The van der Waals surface area contributed by atoms with Gasteiger partial charge in [0.15, 0.2) is 11.6 Å². The molecule has 2 aliphatic rings. The molecule has 2 saturated heterocycles. The van der Waals surface area contributed by atoms with Gasteiger partial charge in [-0.3, -0.25) is 14.5 Å². The van der Waals surface area contributed by atoms with Gasteiger partial charge < -0.3 is 15.0 Å². The SMILES string of the molecule is COc1ccc(C(=O)N2CCC[C@]3(C2)NC(=O)N(Cc2cccc(Cl)c2)C3=O)cc1F. The number of piperidine rings is 1. The predicted molar refractivity (Wildman–Crippen MR) is 111 cm³/mol. The maximum Gasteiger partial charge on any atom is 0.325 e. The molecule has 0 unspecified atom stereocenters. The lowest BCUT2D eigenvalue weighted by atomic mass is 9.88. The summed E-state index contributed by atoms with van der Waals surface area (Å²) in [6.07, 6.45) is 0.950. The van der Waals surface area contributed by atoms with E-state index in [0.717, 1.165) is 16.5 Å². The largest absolute Gasteiger partial charge is 0.494 e. The van der Waals surface area contributed by atoms with Crippen LogP contribution in [0.5, 0.6) is 5.75 Å². The number of likely N-dealkylation sites (tertiary alicyclic amines) is 1. The highest BCUT2D eigenvalue weighted by atomic mass is 35.5. The number of rotatable bonds is 4. The van der Waals surface area contributed by atoms with Crippen LogP contribution in [0.15, 0.2) is 42.5 Å². The van der Waals surface area contributed by atoms with Gasteiger partial charge in [-0.25, -0.2) is 9.18 Å². The molecule has 4 amide bonds. The van der Waals surface area contributed by atoms with Crippen molar-refractivity contribution in [2.75, 3.05) is 20.2 Å². The number of nitrogens with one attached hydrogen (secondary N) is 1. The average molecular weight is 446 g/mol. The topological polar surface area (TPSA) is 79.0 Å². The number of ether oxygens (including phenoxy) is 1. The molecule has 2 aromatic rings. The first kappa shape index (κ1) is 21.1. The Morgan fingerprint density at radius 1 is 1.26 bits per heavy atom. The Morgan fingerprint density at radius 2 is 2.06 bits per heavy atom. The number of imide groups is 1. The standard InChI is InChI=1S/C22H21ClFN3O4/c1-31-18-7-6-15(11-17(18)24)19(28)26-9-3-8-22(13-26)20(29)27(21(30)25-22)12-14-4-2-5-16(23)10-14/h2,4-7,10-11H,3,8-9,12-13H2,1H3,(H,25,30)/t22-/m1/s1. The molecule has 0 saturated carbocycles. The van der Waals surface area contributed by atoms with E-state index in [-0.39, 0.29) is 30.3 Å². The lowest BCUT2D eigenvalue weighted by molar-refractivity contribution is -0.133. The molecule has 0 bridgehead atoms. The van der Waals surface area contributed by atoms with Gasteiger partial charge in [0.2, 0.25) is 0 Å². The molecule has 4 rings (SSSR count). The molecule has 1 atom stereocenters. The van der Waals surface area contributed by atoms with Crippen molar-refractivity contribution in [3.8, 4) is 5.75 Å². The number of benzene rings is 2. The van der Waals surface area contributed by atoms with Crippen LogP contribution in [-0.2, 0) is 11.3 Å². The first-order valence-electron chi connectivity index (χ1n) is 9.84. The summed E-state index contributed by atoms with van der Waals surface area (Å²) >= 11 is 6.00. The summed E-state index contributed by atoms with van der Waals surface area (Å²) in [7, 11) is 1.35. The number of methoxy groups -OCH3 is 1. The Kier molecular flexibility index (Phi) is 5.58. The number of amides is 4. The van der Waals surface area contributed by atoms with E-state index >= 15 is 0 Å². The van der Waals surface area contributed by atoms with Crippen LogP contribution >= 0.6 is 11.6 Å². The molecule has 2 aromatic carbocycles. The maximum atomic E-state index is 14.0. The van der Waals surface area contributed by atoms with E-state index in [1.54, 1.807) is 24.3 Å². The van der Waals surface area contributed by atoms with Crippen LogP contribution in [0, 0.1) is 5.82 Å². The average Bonchev–Trinajstić information content (AvgIpc) is 2.97. The number of carbonyl (C=O) groups is 3. The van der Waals surface area contributed by atoms with Gasteiger partial charge in [0.05, 0.1) is 20.2 Å². The Morgan fingerprint density at radius 3 is 2.77 bits per heavy atom. The van der Waals surface area contributed by atoms with Gasteiger partial charge in [0.25, 0.3) is 11.8 Å². The number of urea groups is 1. The van der Waals surface area contributed by atoms with E-state index in [9.17, 15) is 18.8 Å². The van der Waals surface area contributed by atoms with Crippen LogP contribution in [0.1, 0.15) is 28.8 Å². The third-order valence-corrected chi connectivity index (χ3v) is 5.89. The Bertz CT molecular complexity index is 1060. The van der Waals surface area contributed by atoms with Gasteiger partial charge in [-0.05, 0) is 48.7 Å². The van der Waals surface area contributed by atoms with Gasteiger partial charge in [-0.1, -0.05) is 23.7 Å². The number of halogens is 2. The summed E-state index contributed by atoms with van der Waals surface area (Å²) in [4.78, 5) is 41.4. The number of nitrogens with zero attached hydrogens (tertiary/aromatic N) is 2. The zero-order valence-electron chi connectivity index (χ0n) is 16.9. The molecule has 1 spiro atoms. The van der Waals surface area contributed by atoms with Crippen molar-refractivity contribution in [2.24, 2.45) is 0 Å². The fraction of sp³-hybridized carbons (Fsp3) is 0.318. The molecule has 2 aliphatic heterocycles. The van der Waals surface area contributed by atoms with Crippen molar-refractivity contribution in [3.05, 3.63) is 64.4 Å². The zero-order chi connectivity index (χ0) is 22.2. The molecule has 0 aliphatic carbocycles. The molecule has 162 valence electrons. The fourth-order valence-electron chi connectivity index (χ4n) is 4.13. The van der Waals surface area contributed by atoms with E-state index < -0.39 is 23.3 Å². The van der Waals surface area contributed by atoms with Gasteiger partial charge in [0.1, 0.15) is 5.54 Å². The normalized spacial score (nSPS) is 20.9. The van der Waals surface area contributed by atoms with E-state index in [1.807, 2.05) is 0 Å². The number of hydrogen-bond acceptors (Lipinski definition) is 4. The smallest absolute Gasteiger partial charge is 0.325 e. The van der Waals surface area contributed by atoms with Crippen LogP contribution in [-0.4, -0.2) is 53.4 Å². The summed E-state index contributed by atoms with van der Waals surface area (Å²) in [5.74, 6) is -1.38. The van der Waals surface area contributed by atoms with Crippen molar-refractivity contribution >= 4 is 29.4 Å². The second-order valence-electron chi connectivity index (χ2n) is 7.71. The van der Waals surface area contributed by atoms with E-state index in [0.29, 0.717) is 24.4 Å². The summed E-state index contributed by atoms with van der Waals surface area (Å²) in [6, 6.07) is 10.4. The summed E-state index contributed by atoms with van der Waals surface area (Å²) in [5.41, 5.74) is -0.303. The highest BCUT2D eigenvalue weighted by Crippen LogP contribution is 2.31. The van der Waals surface area contributed by atoms with E-state index in [1.165, 1.54) is 24.1 Å². The first-order chi connectivity index (χ1) is 14.8. The number of carbonyl (C=O) groups excluding carboxylic acids is 3. The summed E-state index contributed by atoms with van der Waals surface area (Å²) in [5, 5.41) is 3.30. The summed E-state index contributed by atoms with van der Waals surface area (Å²) < 4.78 is 18.9. The highest BCUT2D eigenvalue weighted by molar-refractivity contribution is 6.30. The molecular formula is C22H21ClFN3O4. The van der Waals surface area contributed by atoms with Gasteiger partial charge in [-0.15, -0.1) is 0 Å². The minimum atomic E-state index is -1.19. The molecular weight excluding hydrogens is 425 g/mol.